The number of ether oxygens (including phenoxy) is 4. The van der Waals surface area contributed by atoms with Crippen molar-refractivity contribution in [3.8, 4) is 23.0 Å². The molecule has 1 aliphatic rings. The van der Waals surface area contributed by atoms with Crippen LogP contribution in [0.5, 0.6) is 23.0 Å². The summed E-state index contributed by atoms with van der Waals surface area (Å²) in [6.07, 6.45) is 0. The largest absolute Gasteiger partial charge is 0.497 e. The minimum absolute atomic E-state index is 0.264. The topological polar surface area (TPSA) is 36.9 Å². The van der Waals surface area contributed by atoms with E-state index in [1.165, 1.54) is 0 Å². The van der Waals surface area contributed by atoms with Gasteiger partial charge >= 0.3 is 0 Å². The van der Waals surface area contributed by atoms with Crippen molar-refractivity contribution in [1.29, 1.82) is 0 Å². The highest BCUT2D eigenvalue weighted by molar-refractivity contribution is 9.10. The lowest BCUT2D eigenvalue weighted by Crippen LogP contribution is -1.97. The van der Waals surface area contributed by atoms with Gasteiger partial charge in [0.1, 0.15) is 18.1 Å². The number of rotatable bonds is 4. The van der Waals surface area contributed by atoms with Crippen LogP contribution in [0, 0.1) is 0 Å². The van der Waals surface area contributed by atoms with Crippen molar-refractivity contribution in [3.05, 3.63) is 46.4 Å². The lowest BCUT2D eigenvalue weighted by Gasteiger charge is -2.10. The average molecular weight is 337 g/mol. The average Bonchev–Trinajstić information content (AvgIpc) is 2.94. The molecule has 0 atom stereocenters. The summed E-state index contributed by atoms with van der Waals surface area (Å²) in [5.41, 5.74) is 1.02. The smallest absolute Gasteiger partial charge is 0.231 e. The summed E-state index contributed by atoms with van der Waals surface area (Å²) in [5.74, 6) is 3.01. The number of methoxy groups -OCH3 is 1. The Morgan fingerprint density at radius 1 is 1.05 bits per heavy atom. The van der Waals surface area contributed by atoms with Gasteiger partial charge in [-0.05, 0) is 30.3 Å². The van der Waals surface area contributed by atoms with Crippen LogP contribution in [0.15, 0.2) is 40.9 Å². The SMILES string of the molecule is COc1ccc(Br)c(COc2ccc3c(c2)OCO3)c1. The maximum atomic E-state index is 5.78. The lowest BCUT2D eigenvalue weighted by atomic mass is 10.2. The van der Waals surface area contributed by atoms with E-state index in [4.69, 9.17) is 18.9 Å². The molecule has 1 aliphatic heterocycles. The molecule has 0 saturated heterocycles. The van der Waals surface area contributed by atoms with Crippen LogP contribution in [0.25, 0.3) is 0 Å². The van der Waals surface area contributed by atoms with E-state index < -0.39 is 0 Å². The molecule has 0 spiro atoms. The van der Waals surface area contributed by atoms with Gasteiger partial charge in [-0.3, -0.25) is 0 Å². The van der Waals surface area contributed by atoms with Gasteiger partial charge in [0.15, 0.2) is 11.5 Å². The van der Waals surface area contributed by atoms with Gasteiger partial charge in [-0.15, -0.1) is 0 Å². The fourth-order valence-corrected chi connectivity index (χ4v) is 2.28. The third-order valence-corrected chi connectivity index (χ3v) is 3.76. The van der Waals surface area contributed by atoms with Crippen LogP contribution in [-0.4, -0.2) is 13.9 Å². The van der Waals surface area contributed by atoms with Crippen LogP contribution in [0.1, 0.15) is 5.56 Å². The van der Waals surface area contributed by atoms with Gasteiger partial charge in [0.2, 0.25) is 6.79 Å². The zero-order valence-corrected chi connectivity index (χ0v) is 12.5. The molecule has 0 aromatic heterocycles. The normalized spacial score (nSPS) is 12.3. The highest BCUT2D eigenvalue weighted by atomic mass is 79.9. The molecule has 0 bridgehead atoms. The Morgan fingerprint density at radius 3 is 2.70 bits per heavy atom. The summed E-state index contributed by atoms with van der Waals surface area (Å²) in [4.78, 5) is 0. The standard InChI is InChI=1S/C15H13BrO4/c1-17-11-2-4-13(16)10(6-11)8-18-12-3-5-14-15(7-12)20-9-19-14/h2-7H,8-9H2,1H3. The first-order chi connectivity index (χ1) is 9.76. The Balaban J connectivity index is 1.73. The molecule has 20 heavy (non-hydrogen) atoms. The first-order valence-corrected chi connectivity index (χ1v) is 6.90. The van der Waals surface area contributed by atoms with Crippen molar-refractivity contribution in [1.82, 2.24) is 0 Å². The van der Waals surface area contributed by atoms with Crippen molar-refractivity contribution >= 4 is 15.9 Å². The summed E-state index contributed by atoms with van der Waals surface area (Å²) in [6, 6.07) is 11.3. The molecular formula is C15H13BrO4. The third kappa shape index (κ3) is 2.67. The van der Waals surface area contributed by atoms with Crippen molar-refractivity contribution in [3.63, 3.8) is 0 Å². The summed E-state index contributed by atoms with van der Waals surface area (Å²) >= 11 is 3.50. The molecule has 1 heterocycles. The highest BCUT2D eigenvalue weighted by Gasteiger charge is 2.14. The monoisotopic (exact) mass is 336 g/mol. The van der Waals surface area contributed by atoms with E-state index in [0.717, 1.165) is 27.3 Å². The van der Waals surface area contributed by atoms with Gasteiger partial charge in [-0.2, -0.15) is 0 Å². The van der Waals surface area contributed by atoms with E-state index in [0.29, 0.717) is 12.4 Å². The molecule has 5 heteroatoms. The second-order valence-corrected chi connectivity index (χ2v) is 5.12. The van der Waals surface area contributed by atoms with Gasteiger partial charge < -0.3 is 18.9 Å². The molecule has 104 valence electrons. The first-order valence-electron chi connectivity index (χ1n) is 6.11. The van der Waals surface area contributed by atoms with Gasteiger partial charge in [-0.1, -0.05) is 15.9 Å². The molecule has 0 unspecified atom stereocenters. The molecule has 3 rings (SSSR count). The summed E-state index contributed by atoms with van der Waals surface area (Å²) < 4.78 is 22.6. The van der Waals surface area contributed by atoms with Crippen molar-refractivity contribution in [2.24, 2.45) is 0 Å². The van der Waals surface area contributed by atoms with Gasteiger partial charge in [0, 0.05) is 16.1 Å². The molecular weight excluding hydrogens is 324 g/mol. The molecule has 4 nitrogen and oxygen atoms in total. The zero-order chi connectivity index (χ0) is 13.9. The van der Waals surface area contributed by atoms with E-state index in [9.17, 15) is 0 Å². The molecule has 0 fully saturated rings. The van der Waals surface area contributed by atoms with E-state index in [2.05, 4.69) is 15.9 Å². The predicted octanol–water partition coefficient (Wildman–Crippen LogP) is 3.77. The Morgan fingerprint density at radius 2 is 1.85 bits per heavy atom. The maximum Gasteiger partial charge on any atom is 0.231 e. The van der Waals surface area contributed by atoms with Crippen molar-refractivity contribution < 1.29 is 18.9 Å². The van der Waals surface area contributed by atoms with Gasteiger partial charge in [0.05, 0.1) is 7.11 Å². The van der Waals surface area contributed by atoms with Crippen LogP contribution in [0.2, 0.25) is 0 Å². The number of fused-ring (bicyclic) bond motifs is 1. The molecule has 0 amide bonds. The summed E-state index contributed by atoms with van der Waals surface area (Å²) in [6.45, 7) is 0.706. The Hall–Kier alpha value is -1.88. The lowest BCUT2D eigenvalue weighted by molar-refractivity contribution is 0.173. The fraction of sp³-hybridized carbons (Fsp3) is 0.200. The maximum absolute atomic E-state index is 5.78. The number of halogens is 1. The second kappa shape index (κ2) is 5.63. The van der Waals surface area contributed by atoms with Gasteiger partial charge in [-0.25, -0.2) is 0 Å². The minimum Gasteiger partial charge on any atom is -0.497 e. The van der Waals surface area contributed by atoms with E-state index in [1.807, 2.05) is 36.4 Å². The third-order valence-electron chi connectivity index (χ3n) is 2.99. The summed E-state index contributed by atoms with van der Waals surface area (Å²) in [5, 5.41) is 0. The Labute approximate surface area is 125 Å². The molecule has 0 N–H and O–H groups in total. The van der Waals surface area contributed by atoms with Crippen molar-refractivity contribution in [2.75, 3.05) is 13.9 Å². The highest BCUT2D eigenvalue weighted by Crippen LogP contribution is 2.35. The van der Waals surface area contributed by atoms with E-state index in [1.54, 1.807) is 7.11 Å². The first kappa shape index (κ1) is 13.1. The van der Waals surface area contributed by atoms with Crippen LogP contribution in [0.3, 0.4) is 0 Å². The van der Waals surface area contributed by atoms with E-state index in [-0.39, 0.29) is 6.79 Å². The number of hydrogen-bond acceptors (Lipinski definition) is 4. The van der Waals surface area contributed by atoms with Crippen LogP contribution in [-0.2, 0) is 6.61 Å². The van der Waals surface area contributed by atoms with Crippen LogP contribution >= 0.6 is 15.9 Å². The minimum atomic E-state index is 0.264. The van der Waals surface area contributed by atoms with E-state index >= 15 is 0 Å². The molecule has 0 aliphatic carbocycles. The molecule has 0 saturated carbocycles. The fourth-order valence-electron chi connectivity index (χ4n) is 1.92. The van der Waals surface area contributed by atoms with Crippen molar-refractivity contribution in [2.45, 2.75) is 6.61 Å². The quantitative estimate of drug-likeness (QED) is 0.851. The second-order valence-electron chi connectivity index (χ2n) is 4.26. The molecule has 2 aromatic carbocycles. The zero-order valence-electron chi connectivity index (χ0n) is 10.9. The summed E-state index contributed by atoms with van der Waals surface area (Å²) in [7, 11) is 1.64. The molecule has 2 aromatic rings. The Bertz CT molecular complexity index is 627. The van der Waals surface area contributed by atoms with Crippen LogP contribution < -0.4 is 18.9 Å². The number of hydrogen-bond donors (Lipinski definition) is 0. The molecule has 0 radical (unpaired) electrons. The van der Waals surface area contributed by atoms with Crippen LogP contribution in [0.4, 0.5) is 0 Å². The Kier molecular flexibility index (Phi) is 3.69. The number of benzene rings is 2. The predicted molar refractivity (Wildman–Crippen MR) is 77.6 cm³/mol. The van der Waals surface area contributed by atoms with Gasteiger partial charge in [0.25, 0.3) is 0 Å².